The number of hydrogen-bond acceptors (Lipinski definition) is 8. The van der Waals surface area contributed by atoms with Gasteiger partial charge in [-0.2, -0.15) is 9.37 Å². The van der Waals surface area contributed by atoms with Crippen LogP contribution in [-0.4, -0.2) is 63.1 Å². The van der Waals surface area contributed by atoms with Crippen molar-refractivity contribution in [3.8, 4) is 11.8 Å². The van der Waals surface area contributed by atoms with E-state index in [0.717, 1.165) is 12.8 Å². The molecule has 1 aliphatic carbocycles. The van der Waals surface area contributed by atoms with Crippen molar-refractivity contribution in [1.82, 2.24) is 25.2 Å². The minimum absolute atomic E-state index is 0.270. The Kier molecular flexibility index (Phi) is 9.32. The van der Waals surface area contributed by atoms with Crippen LogP contribution in [0.2, 0.25) is 0 Å². The summed E-state index contributed by atoms with van der Waals surface area (Å²) in [5, 5.41) is 9.25. The Morgan fingerprint density at radius 3 is 2.59 bits per heavy atom. The highest BCUT2D eigenvalue weighted by molar-refractivity contribution is 5.85. The molecule has 1 atom stereocenters. The molecule has 0 spiro atoms. The molecule has 210 valence electrons. The first-order valence-electron chi connectivity index (χ1n) is 13.0. The molecule has 1 fully saturated rings. The number of aromatic nitrogens is 3. The van der Waals surface area contributed by atoms with E-state index in [1.165, 1.54) is 17.2 Å². The fourth-order valence-electron chi connectivity index (χ4n) is 3.29. The van der Waals surface area contributed by atoms with Crippen LogP contribution in [-0.2, 0) is 9.53 Å². The molecule has 11 heteroatoms. The Morgan fingerprint density at radius 2 is 1.95 bits per heavy atom. The molecule has 0 radical (unpaired) electrons. The van der Waals surface area contributed by atoms with Crippen molar-refractivity contribution in [2.45, 2.75) is 78.5 Å². The smallest absolute Gasteiger partial charge is 0.410 e. The van der Waals surface area contributed by atoms with Crippen LogP contribution >= 0.6 is 0 Å². The number of ether oxygens (including phenoxy) is 1. The largest absolute Gasteiger partial charge is 0.444 e. The topological polar surface area (TPSA) is 121 Å². The number of likely N-dealkylation sites (N-methyl/N-ethyl adjacent to an activating group) is 1. The second kappa shape index (κ2) is 12.3. The van der Waals surface area contributed by atoms with Gasteiger partial charge in [-0.3, -0.25) is 9.69 Å². The van der Waals surface area contributed by atoms with Gasteiger partial charge in [0.05, 0.1) is 11.8 Å². The van der Waals surface area contributed by atoms with Gasteiger partial charge < -0.3 is 20.7 Å². The fourth-order valence-corrected chi connectivity index (χ4v) is 3.29. The highest BCUT2D eigenvalue weighted by Gasteiger charge is 2.27. The van der Waals surface area contributed by atoms with Gasteiger partial charge in [-0.1, -0.05) is 11.8 Å². The van der Waals surface area contributed by atoms with E-state index >= 15 is 0 Å². The van der Waals surface area contributed by atoms with Crippen molar-refractivity contribution in [2.75, 3.05) is 24.2 Å². The molecular weight excluding hydrogens is 501 g/mol. The minimum atomic E-state index is -0.682. The van der Waals surface area contributed by atoms with Crippen LogP contribution in [0.4, 0.5) is 26.6 Å². The lowest BCUT2D eigenvalue weighted by molar-refractivity contribution is -0.125. The third kappa shape index (κ3) is 9.71. The quantitative estimate of drug-likeness (QED) is 0.315. The number of halogens is 1. The molecule has 0 unspecified atom stereocenters. The fraction of sp³-hybridized carbons (Fsp3) is 0.536. The monoisotopic (exact) mass is 539 g/mol. The molecule has 0 bridgehead atoms. The number of hydrogen-bond donors (Lipinski definition) is 3. The van der Waals surface area contributed by atoms with Crippen LogP contribution in [0.15, 0.2) is 24.5 Å². The second-order valence-electron chi connectivity index (χ2n) is 11.3. The normalized spacial score (nSPS) is 13.9. The van der Waals surface area contributed by atoms with E-state index in [1.807, 2.05) is 13.8 Å². The molecule has 1 aliphatic rings. The summed E-state index contributed by atoms with van der Waals surface area (Å²) in [6.07, 6.45) is 5.16. The zero-order chi connectivity index (χ0) is 28.8. The molecular formula is C28H38FN7O3. The maximum absolute atomic E-state index is 13.4. The molecule has 0 aliphatic heterocycles. The average Bonchev–Trinajstić information content (AvgIpc) is 3.65. The minimum Gasteiger partial charge on any atom is -0.444 e. The Hall–Kier alpha value is -3.94. The molecule has 2 aromatic heterocycles. The second-order valence-corrected chi connectivity index (χ2v) is 11.3. The van der Waals surface area contributed by atoms with Crippen molar-refractivity contribution in [3.63, 3.8) is 0 Å². The van der Waals surface area contributed by atoms with E-state index in [0.29, 0.717) is 42.0 Å². The van der Waals surface area contributed by atoms with Crippen LogP contribution in [0.25, 0.3) is 0 Å². The van der Waals surface area contributed by atoms with Crippen LogP contribution < -0.4 is 16.0 Å². The van der Waals surface area contributed by atoms with Crippen molar-refractivity contribution in [1.29, 1.82) is 0 Å². The molecule has 10 nitrogen and oxygen atoms in total. The summed E-state index contributed by atoms with van der Waals surface area (Å²) in [5.41, 5.74) is 0.0845. The summed E-state index contributed by atoms with van der Waals surface area (Å²) in [6, 6.07) is 2.56. The predicted octanol–water partition coefficient (Wildman–Crippen LogP) is 4.47. The maximum atomic E-state index is 13.4. The first kappa shape index (κ1) is 29.6. The van der Waals surface area contributed by atoms with Crippen molar-refractivity contribution in [3.05, 3.63) is 36.0 Å². The van der Waals surface area contributed by atoms with Crippen LogP contribution in [0, 0.1) is 23.2 Å². The zero-order valence-corrected chi connectivity index (χ0v) is 23.7. The summed E-state index contributed by atoms with van der Waals surface area (Å²) in [7, 11) is 1.54. The van der Waals surface area contributed by atoms with Crippen LogP contribution in [0.3, 0.4) is 0 Å². The molecule has 1 saturated carbocycles. The number of carbonyl (C=O) groups excluding carboxylic acids is 2. The Labute approximate surface area is 229 Å². The zero-order valence-electron chi connectivity index (χ0n) is 23.7. The molecule has 0 saturated heterocycles. The van der Waals surface area contributed by atoms with Gasteiger partial charge in [-0.15, -0.1) is 0 Å². The predicted molar refractivity (Wildman–Crippen MR) is 148 cm³/mol. The average molecular weight is 540 g/mol. The van der Waals surface area contributed by atoms with Crippen LogP contribution in [0.1, 0.15) is 66.4 Å². The van der Waals surface area contributed by atoms with Gasteiger partial charge in [0.25, 0.3) is 0 Å². The molecule has 0 aromatic carbocycles. The third-order valence-corrected chi connectivity index (χ3v) is 5.92. The SMILES string of the molecule is C[C@@H](C(=O)NCCC(C)(C)C#Cc1cnc(Nc2ccnc(F)c2)nc1NC1CC1)N(C)C(=O)OC(C)(C)C. The highest BCUT2D eigenvalue weighted by atomic mass is 19.1. The summed E-state index contributed by atoms with van der Waals surface area (Å²) in [6.45, 7) is 11.4. The number of nitrogens with one attached hydrogen (secondary N) is 3. The molecule has 39 heavy (non-hydrogen) atoms. The summed E-state index contributed by atoms with van der Waals surface area (Å²) >= 11 is 0. The first-order chi connectivity index (χ1) is 18.2. The van der Waals surface area contributed by atoms with E-state index in [2.05, 4.69) is 42.7 Å². The Morgan fingerprint density at radius 1 is 1.23 bits per heavy atom. The standard InChI is InChI=1S/C28H38FN7O3/c1-18(36(7)26(38)39-27(2,3)4)24(37)31-15-13-28(5,6)12-10-19-17-32-25(35-23(19)33-20-8-9-20)34-21-11-14-30-22(29)16-21/h11,14,16-18,20H,8-9,13,15H2,1-7H3,(H,31,37)(H2,30,32,33,34,35)/t18-/m0/s1. The number of nitrogens with zero attached hydrogens (tertiary/aromatic N) is 4. The maximum Gasteiger partial charge on any atom is 0.410 e. The Bertz CT molecular complexity index is 1250. The van der Waals surface area contributed by atoms with Gasteiger partial charge in [0.1, 0.15) is 17.5 Å². The molecule has 3 rings (SSSR count). The van der Waals surface area contributed by atoms with Gasteiger partial charge >= 0.3 is 6.09 Å². The van der Waals surface area contributed by atoms with Crippen molar-refractivity contribution >= 4 is 29.5 Å². The lowest BCUT2D eigenvalue weighted by Crippen LogP contribution is -2.47. The number of amides is 2. The van der Waals surface area contributed by atoms with Gasteiger partial charge in [0, 0.05) is 43.0 Å². The number of anilines is 3. The van der Waals surface area contributed by atoms with E-state index in [9.17, 15) is 14.0 Å². The van der Waals surface area contributed by atoms with E-state index < -0.39 is 29.1 Å². The lowest BCUT2D eigenvalue weighted by atomic mass is 9.90. The van der Waals surface area contributed by atoms with Gasteiger partial charge in [0.2, 0.25) is 17.8 Å². The first-order valence-corrected chi connectivity index (χ1v) is 13.0. The summed E-state index contributed by atoms with van der Waals surface area (Å²) in [4.78, 5) is 38.6. The molecule has 3 N–H and O–H groups in total. The third-order valence-electron chi connectivity index (χ3n) is 5.92. The van der Waals surface area contributed by atoms with Crippen molar-refractivity contribution < 1.29 is 18.7 Å². The summed E-state index contributed by atoms with van der Waals surface area (Å²) in [5.74, 6) is 6.52. The number of pyridine rings is 1. The highest BCUT2D eigenvalue weighted by Crippen LogP contribution is 2.27. The molecule has 2 aromatic rings. The molecule has 2 amide bonds. The van der Waals surface area contributed by atoms with E-state index in [4.69, 9.17) is 4.74 Å². The van der Waals surface area contributed by atoms with Gasteiger partial charge in [-0.05, 0) is 66.9 Å². The van der Waals surface area contributed by atoms with Crippen LogP contribution in [0.5, 0.6) is 0 Å². The van der Waals surface area contributed by atoms with E-state index in [-0.39, 0.29) is 5.91 Å². The Balaban J connectivity index is 1.60. The lowest BCUT2D eigenvalue weighted by Gasteiger charge is -2.28. The van der Waals surface area contributed by atoms with Gasteiger partial charge in [0.15, 0.2) is 0 Å². The molecule has 2 heterocycles. The van der Waals surface area contributed by atoms with Gasteiger partial charge in [-0.25, -0.2) is 14.8 Å². The van der Waals surface area contributed by atoms with E-state index in [1.54, 1.807) is 47.0 Å². The van der Waals surface area contributed by atoms with Crippen molar-refractivity contribution in [2.24, 2.45) is 5.41 Å². The summed E-state index contributed by atoms with van der Waals surface area (Å²) < 4.78 is 18.8. The number of rotatable bonds is 9. The number of carbonyl (C=O) groups is 2.